The summed E-state index contributed by atoms with van der Waals surface area (Å²) in [6.45, 7) is 3.34. The van der Waals surface area contributed by atoms with Crippen LogP contribution in [0.15, 0.2) is 18.2 Å². The molecule has 5 heteroatoms. The van der Waals surface area contributed by atoms with Crippen LogP contribution >= 0.6 is 11.6 Å². The van der Waals surface area contributed by atoms with Gasteiger partial charge in [0.2, 0.25) is 5.91 Å². The molecule has 1 amide bonds. The molecule has 2 N–H and O–H groups in total. The molecule has 0 aliphatic rings. The van der Waals surface area contributed by atoms with Crippen LogP contribution in [-0.4, -0.2) is 23.0 Å². The Balaban J connectivity index is 2.47. The summed E-state index contributed by atoms with van der Waals surface area (Å²) in [5.74, 6) is -1.32. The second kappa shape index (κ2) is 6.40. The van der Waals surface area contributed by atoms with Crippen molar-refractivity contribution >= 4 is 23.5 Å². The molecule has 0 radical (unpaired) electrons. The summed E-state index contributed by atoms with van der Waals surface area (Å²) in [5.41, 5.74) is 1.95. The molecule has 0 spiro atoms. The highest BCUT2D eigenvalue weighted by molar-refractivity contribution is 6.31. The van der Waals surface area contributed by atoms with Gasteiger partial charge in [-0.3, -0.25) is 9.59 Å². The smallest absolute Gasteiger partial charge is 0.325 e. The molecule has 4 nitrogen and oxygen atoms in total. The summed E-state index contributed by atoms with van der Waals surface area (Å²) in [7, 11) is 0. The van der Waals surface area contributed by atoms with Crippen molar-refractivity contribution in [3.8, 4) is 0 Å². The number of carboxylic acids is 1. The maximum absolute atomic E-state index is 11.5. The van der Waals surface area contributed by atoms with Crippen LogP contribution < -0.4 is 5.32 Å². The maximum atomic E-state index is 11.5. The van der Waals surface area contributed by atoms with E-state index in [2.05, 4.69) is 5.32 Å². The Bertz CT molecular complexity index is 460. The summed E-state index contributed by atoms with van der Waals surface area (Å²) >= 11 is 5.98. The number of benzene rings is 1. The molecule has 0 fully saturated rings. The van der Waals surface area contributed by atoms with Crippen molar-refractivity contribution in [2.75, 3.05) is 0 Å². The molecule has 1 unspecified atom stereocenters. The van der Waals surface area contributed by atoms with Crippen LogP contribution in [0.2, 0.25) is 5.02 Å². The van der Waals surface area contributed by atoms with Crippen molar-refractivity contribution in [1.29, 1.82) is 0 Å². The van der Waals surface area contributed by atoms with Crippen molar-refractivity contribution in [2.24, 2.45) is 0 Å². The third-order valence-corrected chi connectivity index (χ3v) is 3.03. The van der Waals surface area contributed by atoms with Crippen LogP contribution in [0.5, 0.6) is 0 Å². The van der Waals surface area contributed by atoms with Gasteiger partial charge in [-0.15, -0.1) is 0 Å². The average molecular weight is 270 g/mol. The average Bonchev–Trinajstić information content (AvgIpc) is 2.30. The number of aryl methyl sites for hydroxylation is 2. The lowest BCUT2D eigenvalue weighted by Gasteiger charge is -2.09. The van der Waals surface area contributed by atoms with E-state index in [1.807, 2.05) is 25.1 Å². The molecule has 1 aromatic carbocycles. The van der Waals surface area contributed by atoms with Gasteiger partial charge in [0.15, 0.2) is 0 Å². The first-order valence-corrected chi connectivity index (χ1v) is 6.05. The molecule has 0 aliphatic carbocycles. The van der Waals surface area contributed by atoms with Crippen LogP contribution in [0.1, 0.15) is 24.5 Å². The van der Waals surface area contributed by atoms with E-state index in [0.717, 1.165) is 11.1 Å². The van der Waals surface area contributed by atoms with Gasteiger partial charge >= 0.3 is 5.97 Å². The third kappa shape index (κ3) is 4.37. The highest BCUT2D eigenvalue weighted by Crippen LogP contribution is 2.17. The number of aliphatic carboxylic acids is 1. The molecule has 0 aliphatic heterocycles. The molecule has 0 bridgehead atoms. The van der Waals surface area contributed by atoms with Gasteiger partial charge in [-0.2, -0.15) is 0 Å². The van der Waals surface area contributed by atoms with Crippen LogP contribution in [0, 0.1) is 6.92 Å². The van der Waals surface area contributed by atoms with E-state index in [4.69, 9.17) is 16.7 Å². The summed E-state index contributed by atoms with van der Waals surface area (Å²) in [6, 6.07) is 4.77. The Morgan fingerprint density at radius 3 is 2.67 bits per heavy atom. The highest BCUT2D eigenvalue weighted by Gasteiger charge is 2.13. The van der Waals surface area contributed by atoms with Gasteiger partial charge < -0.3 is 10.4 Å². The van der Waals surface area contributed by atoms with Crippen molar-refractivity contribution in [1.82, 2.24) is 5.32 Å². The Labute approximate surface area is 111 Å². The zero-order chi connectivity index (χ0) is 13.7. The number of hydrogen-bond acceptors (Lipinski definition) is 2. The first kappa shape index (κ1) is 14.5. The van der Waals surface area contributed by atoms with Crippen molar-refractivity contribution in [3.05, 3.63) is 34.3 Å². The van der Waals surface area contributed by atoms with Crippen molar-refractivity contribution in [2.45, 2.75) is 32.7 Å². The van der Waals surface area contributed by atoms with Crippen LogP contribution in [-0.2, 0) is 16.0 Å². The molecule has 0 saturated heterocycles. The van der Waals surface area contributed by atoms with E-state index in [0.29, 0.717) is 11.4 Å². The number of carbonyl (C=O) groups excluding carboxylic acids is 1. The Kier molecular flexibility index (Phi) is 5.16. The maximum Gasteiger partial charge on any atom is 0.325 e. The minimum Gasteiger partial charge on any atom is -0.480 e. The van der Waals surface area contributed by atoms with E-state index in [-0.39, 0.29) is 12.3 Å². The lowest BCUT2D eigenvalue weighted by Crippen LogP contribution is -2.38. The van der Waals surface area contributed by atoms with Crippen molar-refractivity contribution in [3.63, 3.8) is 0 Å². The molecule has 0 heterocycles. The van der Waals surface area contributed by atoms with E-state index in [9.17, 15) is 9.59 Å². The van der Waals surface area contributed by atoms with E-state index < -0.39 is 12.0 Å². The van der Waals surface area contributed by atoms with Gasteiger partial charge in [-0.1, -0.05) is 23.7 Å². The number of carbonyl (C=O) groups is 2. The van der Waals surface area contributed by atoms with Gasteiger partial charge in [0, 0.05) is 11.4 Å². The zero-order valence-corrected chi connectivity index (χ0v) is 11.1. The fourth-order valence-corrected chi connectivity index (χ4v) is 1.63. The number of nitrogens with one attached hydrogen (secondary N) is 1. The Hall–Kier alpha value is -1.55. The van der Waals surface area contributed by atoms with Crippen LogP contribution in [0.25, 0.3) is 0 Å². The second-order valence-corrected chi connectivity index (χ2v) is 4.62. The molecule has 1 aromatic rings. The molecule has 98 valence electrons. The number of carboxylic acid groups (broad SMARTS) is 1. The topological polar surface area (TPSA) is 66.4 Å². The van der Waals surface area contributed by atoms with Gasteiger partial charge in [-0.05, 0) is 37.5 Å². The second-order valence-electron chi connectivity index (χ2n) is 4.21. The lowest BCUT2D eigenvalue weighted by atomic mass is 10.1. The number of hydrogen-bond donors (Lipinski definition) is 2. The molecule has 1 atom stereocenters. The first-order valence-electron chi connectivity index (χ1n) is 5.67. The third-order valence-electron chi connectivity index (χ3n) is 2.62. The number of amides is 1. The van der Waals surface area contributed by atoms with E-state index >= 15 is 0 Å². The Morgan fingerprint density at radius 1 is 1.44 bits per heavy atom. The molecular weight excluding hydrogens is 254 g/mol. The summed E-state index contributed by atoms with van der Waals surface area (Å²) in [6.07, 6.45) is 0.787. The largest absolute Gasteiger partial charge is 0.480 e. The summed E-state index contributed by atoms with van der Waals surface area (Å²) < 4.78 is 0. The van der Waals surface area contributed by atoms with E-state index in [1.54, 1.807) is 0 Å². The minimum atomic E-state index is -1.04. The molecular formula is C13H16ClNO3. The lowest BCUT2D eigenvalue weighted by molar-refractivity contribution is -0.141. The monoisotopic (exact) mass is 269 g/mol. The molecule has 0 saturated carbocycles. The number of halogens is 1. The molecule has 1 rings (SSSR count). The predicted octanol–water partition coefficient (Wildman–Crippen LogP) is 2.17. The summed E-state index contributed by atoms with van der Waals surface area (Å²) in [4.78, 5) is 22.0. The normalized spacial score (nSPS) is 11.9. The first-order chi connectivity index (χ1) is 8.40. The van der Waals surface area contributed by atoms with Gasteiger partial charge in [0.25, 0.3) is 0 Å². The quantitative estimate of drug-likeness (QED) is 0.861. The molecule has 18 heavy (non-hydrogen) atoms. The van der Waals surface area contributed by atoms with Crippen molar-refractivity contribution < 1.29 is 14.7 Å². The van der Waals surface area contributed by atoms with Gasteiger partial charge in [-0.25, -0.2) is 0 Å². The SMILES string of the molecule is Cc1ccc(CCC(=O)NC(C)C(=O)O)cc1Cl. The fraction of sp³-hybridized carbons (Fsp3) is 0.385. The zero-order valence-electron chi connectivity index (χ0n) is 10.4. The van der Waals surface area contributed by atoms with Gasteiger partial charge in [0.05, 0.1) is 0 Å². The number of rotatable bonds is 5. The van der Waals surface area contributed by atoms with E-state index in [1.165, 1.54) is 6.92 Å². The highest BCUT2D eigenvalue weighted by atomic mass is 35.5. The van der Waals surface area contributed by atoms with Crippen LogP contribution in [0.3, 0.4) is 0 Å². The minimum absolute atomic E-state index is 0.247. The molecule has 0 aromatic heterocycles. The predicted molar refractivity (Wildman–Crippen MR) is 69.8 cm³/mol. The van der Waals surface area contributed by atoms with Crippen LogP contribution in [0.4, 0.5) is 0 Å². The Morgan fingerprint density at radius 2 is 2.11 bits per heavy atom. The standard InChI is InChI=1S/C13H16ClNO3/c1-8-3-4-10(7-11(8)14)5-6-12(16)15-9(2)13(17)18/h3-4,7,9H,5-6H2,1-2H3,(H,15,16)(H,17,18). The summed E-state index contributed by atoms with van der Waals surface area (Å²) in [5, 5.41) is 11.7. The van der Waals surface area contributed by atoms with Gasteiger partial charge in [0.1, 0.15) is 6.04 Å². The fourth-order valence-electron chi connectivity index (χ4n) is 1.43.